The van der Waals surface area contributed by atoms with Crippen molar-refractivity contribution in [3.8, 4) is 5.75 Å². The fourth-order valence-corrected chi connectivity index (χ4v) is 3.46. The normalized spacial score (nSPS) is 21.1. The second-order valence-corrected chi connectivity index (χ2v) is 6.79. The third kappa shape index (κ3) is 5.42. The Morgan fingerprint density at radius 3 is 2.52 bits per heavy atom. The van der Waals surface area contributed by atoms with E-state index in [9.17, 15) is 9.90 Å². The van der Waals surface area contributed by atoms with Gasteiger partial charge < -0.3 is 24.4 Å². The van der Waals surface area contributed by atoms with Crippen LogP contribution in [0.15, 0.2) is 30.3 Å². The highest BCUT2D eigenvalue weighted by atomic mass is 16.5. The van der Waals surface area contributed by atoms with Crippen molar-refractivity contribution in [2.45, 2.75) is 18.9 Å². The molecule has 6 heteroatoms. The highest BCUT2D eigenvalue weighted by Crippen LogP contribution is 2.20. The van der Waals surface area contributed by atoms with Gasteiger partial charge in [0.25, 0.3) is 0 Å². The molecule has 25 heavy (non-hydrogen) atoms. The van der Waals surface area contributed by atoms with E-state index >= 15 is 0 Å². The van der Waals surface area contributed by atoms with Gasteiger partial charge in [-0.05, 0) is 38.1 Å². The quantitative estimate of drug-likeness (QED) is 0.831. The number of aliphatic hydroxyl groups is 1. The van der Waals surface area contributed by atoms with Gasteiger partial charge in [-0.1, -0.05) is 18.2 Å². The fraction of sp³-hybridized carbons (Fsp3) is 0.632. The van der Waals surface area contributed by atoms with Gasteiger partial charge in [-0.25, -0.2) is 0 Å². The molecule has 2 aliphatic rings. The number of rotatable bonds is 6. The Hall–Kier alpha value is -1.63. The number of hydrogen-bond acceptors (Lipinski definition) is 5. The molecule has 2 heterocycles. The van der Waals surface area contributed by atoms with Crippen LogP contribution in [0.1, 0.15) is 12.8 Å². The lowest BCUT2D eigenvalue weighted by Gasteiger charge is -2.36. The molecule has 138 valence electrons. The number of nitrogens with zero attached hydrogens (tertiary/aromatic N) is 2. The standard InChI is InChI=1S/C19H28N2O4/c22-17(15-25-18-4-2-1-3-5-18)14-20-8-6-16(7-9-20)19(23)21-10-12-24-13-11-21/h1-5,16-17,22H,6-15H2. The number of hydrogen-bond donors (Lipinski definition) is 1. The number of aliphatic hydroxyl groups excluding tert-OH is 1. The zero-order chi connectivity index (χ0) is 17.5. The second-order valence-electron chi connectivity index (χ2n) is 6.79. The van der Waals surface area contributed by atoms with Crippen LogP contribution in [0.4, 0.5) is 0 Å². The van der Waals surface area contributed by atoms with Crippen molar-refractivity contribution in [3.63, 3.8) is 0 Å². The van der Waals surface area contributed by atoms with Gasteiger partial charge in [0.2, 0.25) is 5.91 Å². The molecule has 1 aromatic carbocycles. The zero-order valence-corrected chi connectivity index (χ0v) is 14.7. The number of carbonyl (C=O) groups excluding carboxylic acids is 1. The van der Waals surface area contributed by atoms with Gasteiger partial charge in [0, 0.05) is 25.6 Å². The highest BCUT2D eigenvalue weighted by Gasteiger charge is 2.29. The Labute approximate surface area is 149 Å². The van der Waals surface area contributed by atoms with Crippen LogP contribution in [0.2, 0.25) is 0 Å². The topological polar surface area (TPSA) is 62.2 Å². The van der Waals surface area contributed by atoms with Crippen molar-refractivity contribution >= 4 is 5.91 Å². The van der Waals surface area contributed by atoms with Crippen molar-refractivity contribution < 1.29 is 19.4 Å². The summed E-state index contributed by atoms with van der Waals surface area (Å²) >= 11 is 0. The zero-order valence-electron chi connectivity index (χ0n) is 14.7. The van der Waals surface area contributed by atoms with Crippen molar-refractivity contribution in [3.05, 3.63) is 30.3 Å². The number of morpholine rings is 1. The van der Waals surface area contributed by atoms with Gasteiger partial charge in [-0.2, -0.15) is 0 Å². The minimum atomic E-state index is -0.522. The van der Waals surface area contributed by atoms with E-state index in [0.29, 0.717) is 32.8 Å². The minimum absolute atomic E-state index is 0.118. The predicted molar refractivity (Wildman–Crippen MR) is 94.5 cm³/mol. The molecule has 0 aromatic heterocycles. The van der Waals surface area contributed by atoms with E-state index < -0.39 is 6.10 Å². The molecular formula is C19H28N2O4. The summed E-state index contributed by atoms with van der Waals surface area (Å²) in [6, 6.07) is 9.53. The Morgan fingerprint density at radius 2 is 1.84 bits per heavy atom. The Balaban J connectivity index is 1.36. The molecule has 1 amide bonds. The van der Waals surface area contributed by atoms with Crippen LogP contribution >= 0.6 is 0 Å². The van der Waals surface area contributed by atoms with Crippen molar-refractivity contribution in [2.24, 2.45) is 5.92 Å². The van der Waals surface area contributed by atoms with Gasteiger partial charge in [-0.3, -0.25) is 4.79 Å². The van der Waals surface area contributed by atoms with E-state index in [1.165, 1.54) is 0 Å². The van der Waals surface area contributed by atoms with Crippen LogP contribution in [0, 0.1) is 5.92 Å². The molecule has 3 rings (SSSR count). The minimum Gasteiger partial charge on any atom is -0.491 e. The van der Waals surface area contributed by atoms with Crippen molar-refractivity contribution in [1.82, 2.24) is 9.80 Å². The molecule has 1 aromatic rings. The number of carbonyl (C=O) groups is 1. The van der Waals surface area contributed by atoms with Gasteiger partial charge >= 0.3 is 0 Å². The molecule has 1 N–H and O–H groups in total. The SMILES string of the molecule is O=C(C1CCN(CC(O)COc2ccccc2)CC1)N1CCOCC1. The molecule has 2 aliphatic heterocycles. The summed E-state index contributed by atoms with van der Waals surface area (Å²) < 4.78 is 10.9. The van der Waals surface area contributed by atoms with Crippen LogP contribution < -0.4 is 4.74 Å². The van der Waals surface area contributed by atoms with Crippen molar-refractivity contribution in [2.75, 3.05) is 52.5 Å². The number of benzene rings is 1. The Bertz CT molecular complexity index is 525. The average molecular weight is 348 g/mol. The lowest BCUT2D eigenvalue weighted by Crippen LogP contribution is -2.47. The largest absolute Gasteiger partial charge is 0.491 e. The first kappa shape index (κ1) is 18.2. The molecule has 0 bridgehead atoms. The summed E-state index contributed by atoms with van der Waals surface area (Å²) in [4.78, 5) is 16.7. The van der Waals surface area contributed by atoms with Crippen LogP contribution in [0.5, 0.6) is 5.75 Å². The molecule has 2 fully saturated rings. The van der Waals surface area contributed by atoms with Gasteiger partial charge in [0.1, 0.15) is 18.5 Å². The summed E-state index contributed by atoms with van der Waals surface area (Å²) in [5.41, 5.74) is 0. The maximum Gasteiger partial charge on any atom is 0.225 e. The smallest absolute Gasteiger partial charge is 0.225 e. The van der Waals surface area contributed by atoms with Gasteiger partial charge in [0.05, 0.1) is 13.2 Å². The van der Waals surface area contributed by atoms with E-state index in [2.05, 4.69) is 4.90 Å². The van der Waals surface area contributed by atoms with Crippen LogP contribution in [0.25, 0.3) is 0 Å². The molecule has 1 atom stereocenters. The summed E-state index contributed by atoms with van der Waals surface area (Å²) in [7, 11) is 0. The summed E-state index contributed by atoms with van der Waals surface area (Å²) in [5, 5.41) is 10.2. The van der Waals surface area contributed by atoms with Crippen LogP contribution in [0.3, 0.4) is 0 Å². The first-order valence-corrected chi connectivity index (χ1v) is 9.17. The fourth-order valence-electron chi connectivity index (χ4n) is 3.46. The maximum absolute atomic E-state index is 12.5. The van der Waals surface area contributed by atoms with E-state index in [-0.39, 0.29) is 18.4 Å². The lowest BCUT2D eigenvalue weighted by molar-refractivity contribution is -0.141. The van der Waals surface area contributed by atoms with E-state index in [1.807, 2.05) is 35.2 Å². The van der Waals surface area contributed by atoms with Gasteiger partial charge in [0.15, 0.2) is 0 Å². The highest BCUT2D eigenvalue weighted by molar-refractivity contribution is 5.79. The van der Waals surface area contributed by atoms with Gasteiger partial charge in [-0.15, -0.1) is 0 Å². The molecule has 1 unspecified atom stereocenters. The number of β-amino-alcohol motifs (C(OH)–C–C–N with tert-alkyl or cyclic N) is 1. The van der Waals surface area contributed by atoms with E-state index in [4.69, 9.17) is 9.47 Å². The Kier molecular flexibility index (Phi) is 6.67. The molecular weight excluding hydrogens is 320 g/mol. The van der Waals surface area contributed by atoms with Crippen molar-refractivity contribution in [1.29, 1.82) is 0 Å². The summed E-state index contributed by atoms with van der Waals surface area (Å²) in [6.07, 6.45) is 1.21. The lowest BCUT2D eigenvalue weighted by atomic mass is 9.95. The average Bonchev–Trinajstić information content (AvgIpc) is 2.68. The predicted octanol–water partition coefficient (Wildman–Crippen LogP) is 0.997. The number of piperidine rings is 1. The van der Waals surface area contributed by atoms with Crippen LogP contribution in [-0.4, -0.2) is 79.5 Å². The Morgan fingerprint density at radius 1 is 1.16 bits per heavy atom. The van der Waals surface area contributed by atoms with Crippen LogP contribution in [-0.2, 0) is 9.53 Å². The third-order valence-corrected chi connectivity index (χ3v) is 4.91. The van der Waals surface area contributed by atoms with E-state index in [0.717, 1.165) is 31.7 Å². The second kappa shape index (κ2) is 9.17. The molecule has 0 saturated carbocycles. The first-order chi connectivity index (χ1) is 12.2. The molecule has 0 spiro atoms. The molecule has 6 nitrogen and oxygen atoms in total. The monoisotopic (exact) mass is 348 g/mol. The maximum atomic E-state index is 12.5. The number of ether oxygens (including phenoxy) is 2. The molecule has 0 aliphatic carbocycles. The number of likely N-dealkylation sites (tertiary alicyclic amines) is 1. The first-order valence-electron chi connectivity index (χ1n) is 9.17. The summed E-state index contributed by atoms with van der Waals surface area (Å²) in [6.45, 7) is 5.31. The number of para-hydroxylation sites is 1. The third-order valence-electron chi connectivity index (χ3n) is 4.91. The van der Waals surface area contributed by atoms with E-state index in [1.54, 1.807) is 0 Å². The summed E-state index contributed by atoms with van der Waals surface area (Å²) in [5.74, 6) is 1.17. The molecule has 2 saturated heterocycles. The number of amides is 1. The molecule has 0 radical (unpaired) electrons.